The maximum Gasteiger partial charge on any atom is 0.339 e. The molecule has 0 aliphatic carbocycles. The van der Waals surface area contributed by atoms with Crippen LogP contribution in [0.25, 0.3) is 0 Å². The summed E-state index contributed by atoms with van der Waals surface area (Å²) in [5.41, 5.74) is -0.956. The Balaban J connectivity index is 3.50. The Morgan fingerprint density at radius 2 is 1.21 bits per heavy atom. The minimum Gasteiger partial charge on any atom is -0.459 e. The summed E-state index contributed by atoms with van der Waals surface area (Å²) in [7, 11) is 0. The Kier molecular flexibility index (Phi) is 5.71. The number of rotatable bonds is 8. The maximum absolute atomic E-state index is 12.8. The average molecular weight is 338 g/mol. The van der Waals surface area contributed by atoms with Gasteiger partial charge in [-0.1, -0.05) is 53.6 Å². The molecule has 2 unspecified atom stereocenters. The molecule has 0 aliphatic heterocycles. The predicted octanol–water partition coefficient (Wildman–Crippen LogP) is 4.87. The van der Waals surface area contributed by atoms with Crippen molar-refractivity contribution in [3.8, 4) is 0 Å². The van der Waals surface area contributed by atoms with Gasteiger partial charge in [-0.05, 0) is 36.8 Å². The number of esters is 2. The maximum atomic E-state index is 12.8. The highest BCUT2D eigenvalue weighted by Crippen LogP contribution is 2.19. The first-order chi connectivity index (χ1) is 13.0. The van der Waals surface area contributed by atoms with E-state index in [1.165, 1.54) is 0 Å². The Labute approximate surface area is 151 Å². The molecule has 24 heavy (non-hydrogen) atoms. The smallest absolute Gasteiger partial charge is 0.339 e. The van der Waals surface area contributed by atoms with Crippen LogP contribution in [0.15, 0.2) is 24.2 Å². The van der Waals surface area contributed by atoms with Gasteiger partial charge in [0.1, 0.15) is 12.2 Å². The molecule has 1 aromatic carbocycles. The average Bonchev–Trinajstić information content (AvgIpc) is 2.63. The van der Waals surface area contributed by atoms with E-state index in [0.717, 1.165) is 0 Å². The molecule has 0 bridgehead atoms. The molecule has 4 nitrogen and oxygen atoms in total. The molecule has 1 aromatic rings. The van der Waals surface area contributed by atoms with Gasteiger partial charge in [-0.25, -0.2) is 9.59 Å². The van der Waals surface area contributed by atoms with Gasteiger partial charge in [-0.2, -0.15) is 0 Å². The lowest BCUT2D eigenvalue weighted by atomic mass is 10.0. The molecule has 0 N–H and O–H groups in total. The molecule has 0 amide bonds. The van der Waals surface area contributed by atoms with Crippen molar-refractivity contribution < 1.29 is 24.5 Å². The van der Waals surface area contributed by atoms with Gasteiger partial charge >= 0.3 is 11.9 Å². The third kappa shape index (κ3) is 5.36. The van der Waals surface area contributed by atoms with E-state index in [1.807, 2.05) is 41.5 Å². The molecular weight excluding hydrogens is 304 g/mol. The lowest BCUT2D eigenvalue weighted by Gasteiger charge is -2.22. The number of ether oxygens (including phenoxy) is 2. The van der Waals surface area contributed by atoms with Gasteiger partial charge in [0.25, 0.3) is 0 Å². The van der Waals surface area contributed by atoms with Crippen LogP contribution in [0.4, 0.5) is 0 Å². The van der Waals surface area contributed by atoms with E-state index in [0.29, 0.717) is 12.8 Å². The Morgan fingerprint density at radius 1 is 0.875 bits per heavy atom. The van der Waals surface area contributed by atoms with Crippen molar-refractivity contribution in [2.45, 2.75) is 66.6 Å². The zero-order chi connectivity index (χ0) is 21.8. The quantitative estimate of drug-likeness (QED) is 0.635. The van der Waals surface area contributed by atoms with Crippen LogP contribution in [0, 0.1) is 11.8 Å². The molecule has 0 saturated heterocycles. The number of carbonyl (C=O) groups is 2. The minimum atomic E-state index is -0.947. The fraction of sp³-hybridized carbons (Fsp3) is 0.600. The van der Waals surface area contributed by atoms with Gasteiger partial charge in [0.15, 0.2) is 0 Å². The second kappa shape index (κ2) is 9.45. The lowest BCUT2D eigenvalue weighted by molar-refractivity contribution is 0.0127. The first kappa shape index (κ1) is 14.5. The normalized spacial score (nSPS) is 16.0. The summed E-state index contributed by atoms with van der Waals surface area (Å²) in [5.74, 6) is -1.86. The highest BCUT2D eigenvalue weighted by molar-refractivity contribution is 6.03. The summed E-state index contributed by atoms with van der Waals surface area (Å²) < 4.78 is 42.9. The molecule has 0 aromatic heterocycles. The van der Waals surface area contributed by atoms with Crippen LogP contribution in [0.2, 0.25) is 0 Å². The number of hydrogen-bond acceptors (Lipinski definition) is 4. The summed E-state index contributed by atoms with van der Waals surface area (Å²) in [6, 6.07) is -2.40. The fourth-order valence-corrected chi connectivity index (χ4v) is 2.39. The van der Waals surface area contributed by atoms with Crippen LogP contribution in [-0.2, 0) is 9.47 Å². The Morgan fingerprint density at radius 3 is 1.46 bits per heavy atom. The van der Waals surface area contributed by atoms with Gasteiger partial charge in [0.05, 0.1) is 16.6 Å². The number of hydrogen-bond donors (Lipinski definition) is 0. The van der Waals surface area contributed by atoms with Gasteiger partial charge < -0.3 is 9.47 Å². The first-order valence-electron chi connectivity index (χ1n) is 10.5. The molecule has 0 spiro atoms. The predicted molar refractivity (Wildman–Crippen MR) is 95.1 cm³/mol. The summed E-state index contributed by atoms with van der Waals surface area (Å²) in [6.45, 7) is 11.2. The fourth-order valence-electron chi connectivity index (χ4n) is 2.39. The van der Waals surface area contributed by atoms with E-state index >= 15 is 0 Å². The molecule has 0 radical (unpaired) electrons. The second-order valence-electron chi connectivity index (χ2n) is 6.44. The lowest BCUT2D eigenvalue weighted by Crippen LogP contribution is -2.26. The first-order valence-corrected chi connectivity index (χ1v) is 8.49. The van der Waals surface area contributed by atoms with Crippen molar-refractivity contribution in [1.29, 1.82) is 0 Å². The molecular formula is C20H30O4. The second-order valence-corrected chi connectivity index (χ2v) is 6.44. The SMILES string of the molecule is [2H]c1c([2H])c([2H])c(C(=O)OC(CC)C(C)C)c(C(=O)OC(CC)C(C)C)c1[2H]. The van der Waals surface area contributed by atoms with Crippen molar-refractivity contribution in [2.24, 2.45) is 11.8 Å². The molecule has 1 rings (SSSR count). The van der Waals surface area contributed by atoms with Crippen LogP contribution >= 0.6 is 0 Å². The van der Waals surface area contributed by atoms with Crippen molar-refractivity contribution in [3.63, 3.8) is 0 Å². The highest BCUT2D eigenvalue weighted by atomic mass is 16.6. The molecule has 0 saturated carbocycles. The van der Waals surface area contributed by atoms with E-state index in [2.05, 4.69) is 0 Å². The Bertz CT molecular complexity index is 671. The summed E-state index contributed by atoms with van der Waals surface area (Å²) in [4.78, 5) is 25.6. The van der Waals surface area contributed by atoms with Gasteiger partial charge in [-0.3, -0.25) is 0 Å². The monoisotopic (exact) mass is 338 g/mol. The third-order valence-electron chi connectivity index (χ3n) is 3.90. The van der Waals surface area contributed by atoms with E-state index in [9.17, 15) is 9.59 Å². The molecule has 0 aliphatic rings. The minimum absolute atomic E-state index is 0.0188. The molecule has 0 heterocycles. The Hall–Kier alpha value is -1.84. The molecule has 0 fully saturated rings. The van der Waals surface area contributed by atoms with Gasteiger partial charge in [0.2, 0.25) is 0 Å². The molecule has 2 atom stereocenters. The van der Waals surface area contributed by atoms with Crippen molar-refractivity contribution in [1.82, 2.24) is 0 Å². The largest absolute Gasteiger partial charge is 0.459 e. The van der Waals surface area contributed by atoms with Crippen LogP contribution in [-0.4, -0.2) is 24.1 Å². The summed E-state index contributed by atoms with van der Waals surface area (Å²) in [6.07, 6.45) is 0.210. The van der Waals surface area contributed by atoms with Crippen LogP contribution in [0.3, 0.4) is 0 Å². The highest BCUT2D eigenvalue weighted by Gasteiger charge is 2.25. The molecule has 4 heteroatoms. The van der Waals surface area contributed by atoms with Gasteiger partial charge in [0, 0.05) is 0 Å². The standard InChI is InChI=1S/C20H30O4/c1-7-17(13(3)4)23-19(21)15-11-9-10-12-16(15)20(22)24-18(8-2)14(5)6/h9-14,17-18H,7-8H2,1-6H3/i9D,10D,11D,12D. The summed E-state index contributed by atoms with van der Waals surface area (Å²) >= 11 is 0. The molecule has 134 valence electrons. The van der Waals surface area contributed by atoms with Crippen molar-refractivity contribution in [2.75, 3.05) is 0 Å². The van der Waals surface area contributed by atoms with Crippen molar-refractivity contribution >= 4 is 11.9 Å². The van der Waals surface area contributed by atoms with E-state index in [1.54, 1.807) is 0 Å². The van der Waals surface area contributed by atoms with Crippen molar-refractivity contribution in [3.05, 3.63) is 35.3 Å². The summed E-state index contributed by atoms with van der Waals surface area (Å²) in [5, 5.41) is 0. The number of benzene rings is 1. The zero-order valence-corrected chi connectivity index (χ0v) is 15.4. The topological polar surface area (TPSA) is 52.6 Å². The van der Waals surface area contributed by atoms with Gasteiger partial charge in [-0.15, -0.1) is 0 Å². The number of carbonyl (C=O) groups excluding carboxylic acids is 2. The van der Waals surface area contributed by atoms with E-state index < -0.39 is 59.4 Å². The third-order valence-corrected chi connectivity index (χ3v) is 3.90. The van der Waals surface area contributed by atoms with Crippen LogP contribution in [0.1, 0.15) is 80.6 Å². The van der Waals surface area contributed by atoms with Crippen LogP contribution in [0.5, 0.6) is 0 Å². The van der Waals surface area contributed by atoms with Crippen LogP contribution < -0.4 is 0 Å². The van der Waals surface area contributed by atoms with E-state index in [-0.39, 0.29) is 11.8 Å². The van der Waals surface area contributed by atoms with E-state index in [4.69, 9.17) is 15.0 Å². The zero-order valence-electron chi connectivity index (χ0n) is 19.4.